The van der Waals surface area contributed by atoms with Crippen LogP contribution >= 0.6 is 11.6 Å². The van der Waals surface area contributed by atoms with Gasteiger partial charge in [0, 0.05) is 33.8 Å². The van der Waals surface area contributed by atoms with Crippen LogP contribution in [-0.4, -0.2) is 12.4 Å². The molecule has 0 radical (unpaired) electrons. The first-order chi connectivity index (χ1) is 15.5. The van der Waals surface area contributed by atoms with Gasteiger partial charge in [-0.1, -0.05) is 60.2 Å². The van der Waals surface area contributed by atoms with Crippen molar-refractivity contribution in [3.63, 3.8) is 0 Å². The lowest BCUT2D eigenvalue weighted by Gasteiger charge is -2.37. The summed E-state index contributed by atoms with van der Waals surface area (Å²) in [6.45, 7) is 0. The molecule has 4 aromatic rings. The van der Waals surface area contributed by atoms with E-state index in [4.69, 9.17) is 11.6 Å². The molecule has 3 atom stereocenters. The van der Waals surface area contributed by atoms with Crippen LogP contribution in [0.25, 0.3) is 10.9 Å². The van der Waals surface area contributed by atoms with Crippen molar-refractivity contribution in [2.45, 2.75) is 23.3 Å². The second-order valence-electron chi connectivity index (χ2n) is 8.42. The molecule has 0 bridgehead atoms. The van der Waals surface area contributed by atoms with E-state index in [9.17, 15) is 8.42 Å². The van der Waals surface area contributed by atoms with E-state index in [0.717, 1.165) is 28.1 Å². The molecule has 6 rings (SSSR count). The van der Waals surface area contributed by atoms with Crippen molar-refractivity contribution >= 4 is 38.2 Å². The third kappa shape index (κ3) is 2.92. The summed E-state index contributed by atoms with van der Waals surface area (Å²) in [5.74, 6) is 0.544. The molecule has 4 nitrogen and oxygen atoms in total. The monoisotopic (exact) mass is 460 g/mol. The second kappa shape index (κ2) is 7.26. The first-order valence-electron chi connectivity index (χ1n) is 10.7. The molecule has 0 amide bonds. The lowest BCUT2D eigenvalue weighted by atomic mass is 9.77. The average molecular weight is 461 g/mol. The Bertz CT molecular complexity index is 1470. The third-order valence-corrected chi connectivity index (χ3v) is 8.59. The number of hydrogen-bond donors (Lipinski definition) is 1. The molecule has 6 heteroatoms. The highest BCUT2D eigenvalue weighted by molar-refractivity contribution is 7.90. The van der Waals surface area contributed by atoms with E-state index in [1.807, 2.05) is 48.5 Å². The fourth-order valence-corrected chi connectivity index (χ4v) is 6.78. The summed E-state index contributed by atoms with van der Waals surface area (Å²) in [6, 6.07) is 22.3. The zero-order valence-electron chi connectivity index (χ0n) is 17.1. The Balaban J connectivity index is 1.53. The minimum atomic E-state index is -3.72. The number of rotatable bonds is 3. The van der Waals surface area contributed by atoms with Gasteiger partial charge in [0.2, 0.25) is 0 Å². The number of fused-ring (bicyclic) bond motifs is 4. The van der Waals surface area contributed by atoms with Crippen molar-refractivity contribution in [2.75, 3.05) is 5.32 Å². The summed E-state index contributed by atoms with van der Waals surface area (Å²) in [4.78, 5) is 0.282. The zero-order valence-corrected chi connectivity index (χ0v) is 18.7. The van der Waals surface area contributed by atoms with Crippen LogP contribution in [0.4, 0.5) is 5.69 Å². The molecule has 2 heterocycles. The smallest absolute Gasteiger partial charge is 0.268 e. The lowest BCUT2D eigenvalue weighted by molar-refractivity contribution is 0.427. The number of anilines is 1. The van der Waals surface area contributed by atoms with Gasteiger partial charge in [0.1, 0.15) is 0 Å². The van der Waals surface area contributed by atoms with E-state index in [-0.39, 0.29) is 16.9 Å². The maximum absolute atomic E-state index is 13.5. The molecule has 32 heavy (non-hydrogen) atoms. The minimum absolute atomic E-state index is 0.0131. The van der Waals surface area contributed by atoms with Gasteiger partial charge in [0.15, 0.2) is 0 Å². The van der Waals surface area contributed by atoms with Crippen LogP contribution < -0.4 is 5.32 Å². The molecule has 1 aliphatic carbocycles. The normalized spacial score (nSPS) is 21.8. The van der Waals surface area contributed by atoms with Crippen molar-refractivity contribution < 1.29 is 8.42 Å². The number of benzene rings is 3. The van der Waals surface area contributed by atoms with E-state index < -0.39 is 10.0 Å². The van der Waals surface area contributed by atoms with Gasteiger partial charge in [-0.2, -0.15) is 0 Å². The van der Waals surface area contributed by atoms with Crippen LogP contribution in [-0.2, 0) is 10.0 Å². The topological polar surface area (TPSA) is 51.1 Å². The van der Waals surface area contributed by atoms with Gasteiger partial charge in [-0.05, 0) is 54.3 Å². The molecule has 1 aliphatic heterocycles. The summed E-state index contributed by atoms with van der Waals surface area (Å²) >= 11 is 6.29. The molecule has 0 fully saturated rings. The first kappa shape index (κ1) is 19.6. The van der Waals surface area contributed by atoms with Crippen LogP contribution in [0.15, 0.2) is 96.0 Å². The van der Waals surface area contributed by atoms with E-state index in [1.165, 1.54) is 9.54 Å². The number of allylic oxidation sites excluding steroid dienone is 2. The van der Waals surface area contributed by atoms with Gasteiger partial charge in [0.25, 0.3) is 10.0 Å². The van der Waals surface area contributed by atoms with Crippen LogP contribution in [0.1, 0.15) is 29.5 Å². The van der Waals surface area contributed by atoms with Crippen molar-refractivity contribution in [3.8, 4) is 0 Å². The molecule has 0 spiro atoms. The van der Waals surface area contributed by atoms with E-state index >= 15 is 0 Å². The number of hydrogen-bond acceptors (Lipinski definition) is 3. The largest absolute Gasteiger partial charge is 0.378 e. The maximum Gasteiger partial charge on any atom is 0.268 e. The Morgan fingerprint density at radius 1 is 0.938 bits per heavy atom. The van der Waals surface area contributed by atoms with Crippen LogP contribution in [0.3, 0.4) is 0 Å². The Morgan fingerprint density at radius 2 is 1.72 bits per heavy atom. The van der Waals surface area contributed by atoms with Gasteiger partial charge in [-0.15, -0.1) is 0 Å². The van der Waals surface area contributed by atoms with E-state index in [1.54, 1.807) is 30.5 Å². The molecule has 3 aromatic carbocycles. The van der Waals surface area contributed by atoms with Crippen molar-refractivity contribution in [3.05, 3.63) is 107 Å². The SMILES string of the molecule is O=S(=O)(c1ccccc1)n1cc([C@@H]2Nc3ccc(Cl)cc3[C@@H]3C=CC[C@@H]32)c2ccccc21. The van der Waals surface area contributed by atoms with Crippen LogP contribution in [0, 0.1) is 5.92 Å². The van der Waals surface area contributed by atoms with Gasteiger partial charge in [0.05, 0.1) is 16.5 Å². The van der Waals surface area contributed by atoms with E-state index in [2.05, 4.69) is 17.5 Å². The summed E-state index contributed by atoms with van der Waals surface area (Å²) in [5, 5.41) is 5.38. The Labute approximate surface area is 192 Å². The zero-order chi connectivity index (χ0) is 21.9. The van der Waals surface area contributed by atoms with Crippen molar-refractivity contribution in [1.82, 2.24) is 3.97 Å². The summed E-state index contributed by atoms with van der Waals surface area (Å²) in [7, 11) is -3.72. The molecule has 0 saturated carbocycles. The fraction of sp³-hybridized carbons (Fsp3) is 0.154. The number of para-hydroxylation sites is 1. The third-order valence-electron chi connectivity index (χ3n) is 6.67. The standard InChI is InChI=1S/C26H21ClN2O2S/c27-17-13-14-24-22(15-17)19-10-6-11-21(19)26(28-24)23-16-29(25-12-5-4-9-20(23)25)32(30,31)18-7-2-1-3-8-18/h1-10,12-16,19,21,26,28H,11H2/t19-,21+,26-/m1/s1. The number of nitrogens with one attached hydrogen (secondary N) is 1. The van der Waals surface area contributed by atoms with Gasteiger partial charge < -0.3 is 5.32 Å². The molecular formula is C26H21ClN2O2S. The van der Waals surface area contributed by atoms with Crippen molar-refractivity contribution in [2.24, 2.45) is 5.92 Å². The fourth-order valence-electron chi connectivity index (χ4n) is 5.20. The summed E-state index contributed by atoms with van der Waals surface area (Å²) in [5.41, 5.74) is 3.94. The highest BCUT2D eigenvalue weighted by Crippen LogP contribution is 2.51. The summed E-state index contributed by atoms with van der Waals surface area (Å²) in [6.07, 6.45) is 7.22. The molecule has 2 aliphatic rings. The maximum atomic E-state index is 13.5. The van der Waals surface area contributed by atoms with Gasteiger partial charge >= 0.3 is 0 Å². The van der Waals surface area contributed by atoms with Crippen LogP contribution in [0.5, 0.6) is 0 Å². The first-order valence-corrected chi connectivity index (χ1v) is 12.5. The average Bonchev–Trinajstić information content (AvgIpc) is 3.45. The predicted molar refractivity (Wildman–Crippen MR) is 129 cm³/mol. The van der Waals surface area contributed by atoms with Crippen molar-refractivity contribution in [1.29, 1.82) is 0 Å². The molecule has 160 valence electrons. The Hall–Kier alpha value is -3.02. The lowest BCUT2D eigenvalue weighted by Crippen LogP contribution is -2.29. The molecule has 1 N–H and O–H groups in total. The second-order valence-corrected chi connectivity index (χ2v) is 10.7. The Morgan fingerprint density at radius 3 is 2.56 bits per heavy atom. The minimum Gasteiger partial charge on any atom is -0.378 e. The Kier molecular flexibility index (Phi) is 4.46. The molecule has 1 aromatic heterocycles. The van der Waals surface area contributed by atoms with Crippen LogP contribution in [0.2, 0.25) is 5.02 Å². The molecule has 0 unspecified atom stereocenters. The van der Waals surface area contributed by atoms with Gasteiger partial charge in [-0.3, -0.25) is 0 Å². The van der Waals surface area contributed by atoms with Gasteiger partial charge in [-0.25, -0.2) is 12.4 Å². The number of aromatic nitrogens is 1. The number of nitrogens with zero attached hydrogens (tertiary/aromatic N) is 1. The molecular weight excluding hydrogens is 440 g/mol. The number of halogens is 1. The highest BCUT2D eigenvalue weighted by atomic mass is 35.5. The highest BCUT2D eigenvalue weighted by Gasteiger charge is 2.39. The van der Waals surface area contributed by atoms with E-state index in [0.29, 0.717) is 11.4 Å². The summed E-state index contributed by atoms with van der Waals surface area (Å²) < 4.78 is 28.5. The predicted octanol–water partition coefficient (Wildman–Crippen LogP) is 6.36. The molecule has 0 saturated heterocycles. The quantitative estimate of drug-likeness (QED) is 0.362.